The summed E-state index contributed by atoms with van der Waals surface area (Å²) in [5, 5.41) is 2.47. The van der Waals surface area contributed by atoms with E-state index in [4.69, 9.17) is 0 Å². The number of carbonyl (C=O) groups excluding carboxylic acids is 1. The van der Waals surface area contributed by atoms with Gasteiger partial charge in [-0.15, -0.1) is 0 Å². The second-order valence-electron chi connectivity index (χ2n) is 6.68. The first-order valence-electron chi connectivity index (χ1n) is 9.13. The molecular weight excluding hydrogens is 422 g/mol. The summed E-state index contributed by atoms with van der Waals surface area (Å²) in [6, 6.07) is 13.6. The zero-order valence-electron chi connectivity index (χ0n) is 15.9. The number of rotatable bonds is 5. The third kappa shape index (κ3) is 5.62. The minimum Gasteiger partial charge on any atom is -0.352 e. The Kier molecular flexibility index (Phi) is 6.33. The molecule has 1 N–H and O–H groups in total. The van der Waals surface area contributed by atoms with Crippen LogP contribution in [0, 0.1) is 0 Å². The van der Waals surface area contributed by atoms with Crippen molar-refractivity contribution in [3.8, 4) is 11.1 Å². The first kappa shape index (κ1) is 22.3. The Bertz CT molecular complexity index is 1040. The third-order valence-electron chi connectivity index (χ3n) is 4.52. The molecule has 9 heteroatoms. The average molecular weight is 438 g/mol. The number of amides is 1. The van der Waals surface area contributed by atoms with Crippen LogP contribution in [0.3, 0.4) is 0 Å². The van der Waals surface area contributed by atoms with Crippen LogP contribution >= 0.6 is 0 Å². The summed E-state index contributed by atoms with van der Waals surface area (Å²) in [6.45, 7) is 0.117. The van der Waals surface area contributed by atoms with Crippen molar-refractivity contribution >= 4 is 5.91 Å². The van der Waals surface area contributed by atoms with E-state index in [9.17, 15) is 31.1 Å². The van der Waals surface area contributed by atoms with Crippen molar-refractivity contribution in [1.82, 2.24) is 10.3 Å². The second-order valence-corrected chi connectivity index (χ2v) is 6.68. The highest BCUT2D eigenvalue weighted by atomic mass is 19.4. The molecule has 3 aromatic rings. The maximum absolute atomic E-state index is 13.0. The van der Waals surface area contributed by atoms with Crippen LogP contribution in [-0.4, -0.2) is 17.4 Å². The molecule has 0 bridgehead atoms. The van der Waals surface area contributed by atoms with Gasteiger partial charge in [0.25, 0.3) is 5.91 Å². The van der Waals surface area contributed by atoms with Crippen molar-refractivity contribution in [2.45, 2.75) is 18.8 Å². The molecule has 0 aliphatic rings. The summed E-state index contributed by atoms with van der Waals surface area (Å²) in [6.07, 6.45) is -7.63. The fourth-order valence-corrected chi connectivity index (χ4v) is 2.94. The van der Waals surface area contributed by atoms with Gasteiger partial charge in [-0.2, -0.15) is 26.3 Å². The molecule has 3 rings (SSSR count). The lowest BCUT2D eigenvalue weighted by Crippen LogP contribution is -2.28. The molecule has 0 aliphatic carbocycles. The standard InChI is InChI=1S/C22H16F6N2O/c23-21(24,25)18-4-2-1-3-17(18)20(31)29-12-11-14-5-7-15(8-6-14)16-9-10-19(30-13-16)22(26,27)28/h1-10,13H,11-12H2,(H,29,31). The number of halogens is 6. The van der Waals surface area contributed by atoms with Crippen LogP contribution < -0.4 is 5.32 Å². The van der Waals surface area contributed by atoms with Crippen LogP contribution in [0.1, 0.15) is 27.2 Å². The average Bonchev–Trinajstić information content (AvgIpc) is 2.73. The maximum atomic E-state index is 13.0. The van der Waals surface area contributed by atoms with Crippen LogP contribution in [0.5, 0.6) is 0 Å². The normalized spacial score (nSPS) is 11.9. The molecule has 0 spiro atoms. The van der Waals surface area contributed by atoms with Crippen molar-refractivity contribution in [3.05, 3.63) is 89.2 Å². The van der Waals surface area contributed by atoms with Gasteiger partial charge in [0, 0.05) is 18.3 Å². The minimum atomic E-state index is -4.63. The molecule has 1 heterocycles. The van der Waals surface area contributed by atoms with E-state index in [1.54, 1.807) is 24.3 Å². The quantitative estimate of drug-likeness (QED) is 0.515. The van der Waals surface area contributed by atoms with Crippen molar-refractivity contribution in [2.24, 2.45) is 0 Å². The van der Waals surface area contributed by atoms with Gasteiger partial charge in [0.1, 0.15) is 5.69 Å². The molecule has 0 fully saturated rings. The Morgan fingerprint density at radius 2 is 1.45 bits per heavy atom. The smallest absolute Gasteiger partial charge is 0.352 e. The van der Waals surface area contributed by atoms with E-state index in [0.717, 1.165) is 30.0 Å². The van der Waals surface area contributed by atoms with Gasteiger partial charge in [-0.05, 0) is 35.7 Å². The van der Waals surface area contributed by atoms with Gasteiger partial charge < -0.3 is 5.32 Å². The lowest BCUT2D eigenvalue weighted by Gasteiger charge is -2.12. The Morgan fingerprint density at radius 3 is 2.03 bits per heavy atom. The zero-order chi connectivity index (χ0) is 22.6. The van der Waals surface area contributed by atoms with Gasteiger partial charge in [0.2, 0.25) is 0 Å². The van der Waals surface area contributed by atoms with Gasteiger partial charge in [-0.1, -0.05) is 42.5 Å². The molecule has 1 amide bonds. The number of nitrogens with one attached hydrogen (secondary N) is 1. The number of aromatic nitrogens is 1. The molecule has 0 atom stereocenters. The Morgan fingerprint density at radius 1 is 0.806 bits per heavy atom. The molecule has 31 heavy (non-hydrogen) atoms. The summed E-state index contributed by atoms with van der Waals surface area (Å²) < 4.78 is 76.8. The molecule has 2 aromatic carbocycles. The molecule has 0 radical (unpaired) electrons. The highest BCUT2D eigenvalue weighted by molar-refractivity contribution is 5.95. The van der Waals surface area contributed by atoms with E-state index in [-0.39, 0.29) is 6.54 Å². The van der Waals surface area contributed by atoms with Crippen molar-refractivity contribution < 1.29 is 31.1 Å². The fourth-order valence-electron chi connectivity index (χ4n) is 2.94. The van der Waals surface area contributed by atoms with E-state index < -0.39 is 35.1 Å². The van der Waals surface area contributed by atoms with Gasteiger partial charge in [0.15, 0.2) is 0 Å². The van der Waals surface area contributed by atoms with E-state index >= 15 is 0 Å². The van der Waals surface area contributed by atoms with Crippen LogP contribution in [0.15, 0.2) is 66.9 Å². The lowest BCUT2D eigenvalue weighted by molar-refractivity contribution is -0.141. The van der Waals surface area contributed by atoms with E-state index in [0.29, 0.717) is 17.5 Å². The van der Waals surface area contributed by atoms with Gasteiger partial charge in [-0.3, -0.25) is 9.78 Å². The van der Waals surface area contributed by atoms with Gasteiger partial charge in [-0.25, -0.2) is 0 Å². The largest absolute Gasteiger partial charge is 0.433 e. The van der Waals surface area contributed by atoms with Gasteiger partial charge in [0.05, 0.1) is 11.1 Å². The summed E-state index contributed by atoms with van der Waals surface area (Å²) in [7, 11) is 0. The number of hydrogen-bond donors (Lipinski definition) is 1. The monoisotopic (exact) mass is 438 g/mol. The highest BCUT2D eigenvalue weighted by Gasteiger charge is 2.34. The Hall–Kier alpha value is -3.36. The maximum Gasteiger partial charge on any atom is 0.433 e. The number of benzene rings is 2. The first-order chi connectivity index (χ1) is 14.6. The minimum absolute atomic E-state index is 0.117. The lowest BCUT2D eigenvalue weighted by atomic mass is 10.0. The number of alkyl halides is 6. The number of pyridine rings is 1. The molecule has 0 aliphatic heterocycles. The number of carbonyl (C=O) groups is 1. The molecule has 162 valence electrons. The fraction of sp³-hybridized carbons (Fsp3) is 0.182. The van der Waals surface area contributed by atoms with Gasteiger partial charge >= 0.3 is 12.4 Å². The van der Waals surface area contributed by atoms with Crippen molar-refractivity contribution in [2.75, 3.05) is 6.54 Å². The highest BCUT2D eigenvalue weighted by Crippen LogP contribution is 2.32. The van der Waals surface area contributed by atoms with Crippen molar-refractivity contribution in [1.29, 1.82) is 0 Å². The SMILES string of the molecule is O=C(NCCc1ccc(-c2ccc(C(F)(F)F)nc2)cc1)c1ccccc1C(F)(F)F. The van der Waals surface area contributed by atoms with Crippen LogP contribution in [-0.2, 0) is 18.8 Å². The Balaban J connectivity index is 1.60. The predicted molar refractivity (Wildman–Crippen MR) is 102 cm³/mol. The molecule has 0 saturated heterocycles. The third-order valence-corrected chi connectivity index (χ3v) is 4.52. The Labute approximate surface area is 173 Å². The van der Waals surface area contributed by atoms with Crippen LogP contribution in [0.4, 0.5) is 26.3 Å². The summed E-state index contributed by atoms with van der Waals surface area (Å²) in [5.74, 6) is -0.819. The molecular formula is C22H16F6N2O. The first-order valence-corrected chi connectivity index (χ1v) is 9.13. The van der Waals surface area contributed by atoms with E-state index in [2.05, 4.69) is 10.3 Å². The predicted octanol–water partition coefficient (Wildman–Crippen LogP) is 5.76. The van der Waals surface area contributed by atoms with Crippen molar-refractivity contribution in [3.63, 3.8) is 0 Å². The molecule has 1 aromatic heterocycles. The topological polar surface area (TPSA) is 42.0 Å². The summed E-state index contributed by atoms with van der Waals surface area (Å²) in [4.78, 5) is 15.6. The van der Waals surface area contributed by atoms with E-state index in [1.807, 2.05) is 0 Å². The molecule has 0 saturated carbocycles. The van der Waals surface area contributed by atoms with E-state index in [1.165, 1.54) is 18.2 Å². The number of hydrogen-bond acceptors (Lipinski definition) is 2. The summed E-state index contributed by atoms with van der Waals surface area (Å²) in [5.41, 5.74) is -0.449. The molecule has 3 nitrogen and oxygen atoms in total. The summed E-state index contributed by atoms with van der Waals surface area (Å²) >= 11 is 0. The molecule has 0 unspecified atom stereocenters. The number of nitrogens with zero attached hydrogens (tertiary/aromatic N) is 1. The van der Waals surface area contributed by atoms with Crippen LogP contribution in [0.25, 0.3) is 11.1 Å². The second kappa shape index (κ2) is 8.79. The van der Waals surface area contributed by atoms with Crippen LogP contribution in [0.2, 0.25) is 0 Å². The zero-order valence-corrected chi connectivity index (χ0v) is 15.9.